The Morgan fingerprint density at radius 3 is 2.57 bits per heavy atom. The van der Waals surface area contributed by atoms with Crippen molar-refractivity contribution in [2.75, 3.05) is 5.75 Å². The maximum absolute atomic E-state index is 12.8. The standard InChI is InChI=1S/C16H16FN3O2S/c1-3-23(21,22)14-7-5-4-6-12(14)15-19-13-9-8-11(10-17)18-16(13)20(15)2/h4-9H,3,10H2,1-2H3. The lowest BCUT2D eigenvalue weighted by Gasteiger charge is -2.09. The van der Waals surface area contributed by atoms with Gasteiger partial charge in [0.15, 0.2) is 15.5 Å². The molecule has 0 amide bonds. The molecule has 2 aromatic heterocycles. The molecule has 0 saturated carbocycles. The first-order valence-corrected chi connectivity index (χ1v) is 8.83. The van der Waals surface area contributed by atoms with Crippen LogP contribution in [0.25, 0.3) is 22.6 Å². The molecule has 120 valence electrons. The van der Waals surface area contributed by atoms with E-state index in [0.717, 1.165) is 0 Å². The van der Waals surface area contributed by atoms with Crippen molar-refractivity contribution in [3.63, 3.8) is 0 Å². The summed E-state index contributed by atoms with van der Waals surface area (Å²) in [6.45, 7) is 0.952. The number of halogens is 1. The fourth-order valence-corrected chi connectivity index (χ4v) is 3.59. The van der Waals surface area contributed by atoms with Gasteiger partial charge in [-0.25, -0.2) is 22.8 Å². The Morgan fingerprint density at radius 2 is 1.87 bits per heavy atom. The van der Waals surface area contributed by atoms with E-state index in [4.69, 9.17) is 0 Å². The largest absolute Gasteiger partial charge is 0.312 e. The topological polar surface area (TPSA) is 64.8 Å². The molecule has 1 aromatic carbocycles. The molecule has 3 rings (SSSR count). The molecule has 0 aliphatic heterocycles. The van der Waals surface area contributed by atoms with E-state index in [1.165, 1.54) is 0 Å². The van der Waals surface area contributed by atoms with Crippen LogP contribution in [-0.4, -0.2) is 28.7 Å². The van der Waals surface area contributed by atoms with Crippen LogP contribution in [0.5, 0.6) is 0 Å². The number of aryl methyl sites for hydroxylation is 1. The van der Waals surface area contributed by atoms with Gasteiger partial charge >= 0.3 is 0 Å². The normalized spacial score (nSPS) is 12.0. The van der Waals surface area contributed by atoms with E-state index in [1.54, 1.807) is 54.9 Å². The maximum atomic E-state index is 12.8. The highest BCUT2D eigenvalue weighted by Crippen LogP contribution is 2.29. The smallest absolute Gasteiger partial charge is 0.178 e. The number of fused-ring (bicyclic) bond motifs is 1. The zero-order valence-corrected chi connectivity index (χ0v) is 13.6. The maximum Gasteiger partial charge on any atom is 0.178 e. The van der Waals surface area contributed by atoms with E-state index in [1.807, 2.05) is 0 Å². The van der Waals surface area contributed by atoms with E-state index in [2.05, 4.69) is 9.97 Å². The second kappa shape index (κ2) is 5.73. The minimum absolute atomic E-state index is 0.0121. The van der Waals surface area contributed by atoms with Gasteiger partial charge in [0.2, 0.25) is 0 Å². The number of aromatic nitrogens is 3. The molecule has 0 bridgehead atoms. The third kappa shape index (κ3) is 2.61. The average Bonchev–Trinajstić information content (AvgIpc) is 2.91. The molecular formula is C16H16FN3O2S. The van der Waals surface area contributed by atoms with Crippen LogP contribution < -0.4 is 0 Å². The Balaban J connectivity index is 2.28. The zero-order chi connectivity index (χ0) is 16.6. The van der Waals surface area contributed by atoms with Crippen molar-refractivity contribution >= 4 is 21.0 Å². The number of sulfone groups is 1. The number of alkyl halides is 1. The van der Waals surface area contributed by atoms with Crippen LogP contribution in [0.4, 0.5) is 4.39 Å². The summed E-state index contributed by atoms with van der Waals surface area (Å²) in [7, 11) is -1.63. The lowest BCUT2D eigenvalue weighted by atomic mass is 10.2. The molecule has 0 radical (unpaired) electrons. The van der Waals surface area contributed by atoms with Crippen LogP contribution in [-0.2, 0) is 23.6 Å². The molecule has 23 heavy (non-hydrogen) atoms. The predicted molar refractivity (Wildman–Crippen MR) is 86.5 cm³/mol. The molecule has 0 saturated heterocycles. The minimum Gasteiger partial charge on any atom is -0.312 e. The summed E-state index contributed by atoms with van der Waals surface area (Å²) in [4.78, 5) is 8.95. The molecule has 5 nitrogen and oxygen atoms in total. The van der Waals surface area contributed by atoms with Gasteiger partial charge in [-0.3, -0.25) is 0 Å². The number of nitrogens with zero attached hydrogens (tertiary/aromatic N) is 3. The van der Waals surface area contributed by atoms with Crippen LogP contribution in [0.3, 0.4) is 0 Å². The third-order valence-corrected chi connectivity index (χ3v) is 5.54. The van der Waals surface area contributed by atoms with Crippen molar-refractivity contribution in [3.8, 4) is 11.4 Å². The monoisotopic (exact) mass is 333 g/mol. The quantitative estimate of drug-likeness (QED) is 0.736. The lowest BCUT2D eigenvalue weighted by Crippen LogP contribution is -2.07. The lowest BCUT2D eigenvalue weighted by molar-refractivity contribution is 0.476. The number of hydrogen-bond donors (Lipinski definition) is 0. The van der Waals surface area contributed by atoms with Crippen LogP contribution in [0.15, 0.2) is 41.3 Å². The summed E-state index contributed by atoms with van der Waals surface area (Å²) in [5.74, 6) is 0.509. The number of pyridine rings is 1. The number of imidazole rings is 1. The molecule has 0 fully saturated rings. The van der Waals surface area contributed by atoms with E-state index < -0.39 is 16.5 Å². The van der Waals surface area contributed by atoms with Gasteiger partial charge in [-0.2, -0.15) is 0 Å². The number of benzene rings is 1. The summed E-state index contributed by atoms with van der Waals surface area (Å²) in [6.07, 6.45) is 0. The highest BCUT2D eigenvalue weighted by Gasteiger charge is 2.21. The zero-order valence-electron chi connectivity index (χ0n) is 12.8. The van der Waals surface area contributed by atoms with Crippen molar-refractivity contribution in [2.45, 2.75) is 18.5 Å². The van der Waals surface area contributed by atoms with Gasteiger partial charge in [0, 0.05) is 12.6 Å². The van der Waals surface area contributed by atoms with Gasteiger partial charge in [0.25, 0.3) is 0 Å². The summed E-state index contributed by atoms with van der Waals surface area (Å²) in [6, 6.07) is 10.0. The van der Waals surface area contributed by atoms with Crippen molar-refractivity contribution in [1.82, 2.24) is 14.5 Å². The van der Waals surface area contributed by atoms with Gasteiger partial charge in [-0.1, -0.05) is 19.1 Å². The molecule has 2 heterocycles. The summed E-state index contributed by atoms with van der Waals surface area (Å²) < 4.78 is 39.1. The summed E-state index contributed by atoms with van der Waals surface area (Å²) in [5.41, 5.74) is 1.97. The van der Waals surface area contributed by atoms with Gasteiger partial charge in [0.05, 0.1) is 16.3 Å². The third-order valence-electron chi connectivity index (χ3n) is 3.75. The molecule has 0 spiro atoms. The van der Waals surface area contributed by atoms with Gasteiger partial charge < -0.3 is 4.57 Å². The van der Waals surface area contributed by atoms with Crippen LogP contribution >= 0.6 is 0 Å². The molecule has 7 heteroatoms. The van der Waals surface area contributed by atoms with Gasteiger partial charge in [-0.05, 0) is 24.3 Å². The van der Waals surface area contributed by atoms with E-state index in [9.17, 15) is 12.8 Å². The Bertz CT molecular complexity index is 980. The number of rotatable bonds is 4. The molecule has 0 atom stereocenters. The molecule has 0 aliphatic rings. The van der Waals surface area contributed by atoms with Gasteiger partial charge in [-0.15, -0.1) is 0 Å². The predicted octanol–water partition coefficient (Wildman–Crippen LogP) is 2.90. The Hall–Kier alpha value is -2.28. The SMILES string of the molecule is CCS(=O)(=O)c1ccccc1-c1nc2ccc(CF)nc2n1C. The fourth-order valence-electron chi connectivity index (χ4n) is 2.50. The highest BCUT2D eigenvalue weighted by atomic mass is 32.2. The van der Waals surface area contributed by atoms with E-state index in [0.29, 0.717) is 28.2 Å². The molecule has 0 unspecified atom stereocenters. The molecule has 0 N–H and O–H groups in total. The van der Waals surface area contributed by atoms with Crippen molar-refractivity contribution < 1.29 is 12.8 Å². The summed E-state index contributed by atoms with van der Waals surface area (Å²) >= 11 is 0. The second-order valence-electron chi connectivity index (χ2n) is 5.17. The second-order valence-corrected chi connectivity index (χ2v) is 7.42. The van der Waals surface area contributed by atoms with Crippen molar-refractivity contribution in [2.24, 2.45) is 7.05 Å². The molecule has 3 aromatic rings. The fraction of sp³-hybridized carbons (Fsp3) is 0.250. The Morgan fingerprint density at radius 1 is 1.13 bits per heavy atom. The first kappa shape index (κ1) is 15.6. The Kier molecular flexibility index (Phi) is 3.89. The van der Waals surface area contributed by atoms with E-state index >= 15 is 0 Å². The van der Waals surface area contributed by atoms with Crippen LogP contribution in [0.1, 0.15) is 12.6 Å². The number of hydrogen-bond acceptors (Lipinski definition) is 4. The summed E-state index contributed by atoms with van der Waals surface area (Å²) in [5, 5.41) is 0. The van der Waals surface area contributed by atoms with Gasteiger partial charge in [0.1, 0.15) is 18.0 Å². The first-order chi connectivity index (χ1) is 11.0. The molecular weight excluding hydrogens is 317 g/mol. The highest BCUT2D eigenvalue weighted by molar-refractivity contribution is 7.91. The Labute approximate surface area is 133 Å². The first-order valence-electron chi connectivity index (χ1n) is 7.18. The van der Waals surface area contributed by atoms with Crippen LogP contribution in [0, 0.1) is 0 Å². The van der Waals surface area contributed by atoms with E-state index in [-0.39, 0.29) is 10.6 Å². The molecule has 0 aliphatic carbocycles. The average molecular weight is 333 g/mol. The minimum atomic E-state index is -3.38. The van der Waals surface area contributed by atoms with Crippen LogP contribution in [0.2, 0.25) is 0 Å². The van der Waals surface area contributed by atoms with Crippen molar-refractivity contribution in [1.29, 1.82) is 0 Å². The van der Waals surface area contributed by atoms with Crippen molar-refractivity contribution in [3.05, 3.63) is 42.1 Å².